The van der Waals surface area contributed by atoms with Crippen molar-refractivity contribution in [3.63, 3.8) is 0 Å². The number of nitro benzene ring substituents is 1. The fourth-order valence-electron chi connectivity index (χ4n) is 3.15. The van der Waals surface area contributed by atoms with Crippen LogP contribution in [0.15, 0.2) is 42.5 Å². The van der Waals surface area contributed by atoms with E-state index in [-0.39, 0.29) is 11.3 Å². The first kappa shape index (κ1) is 19.9. The van der Waals surface area contributed by atoms with Gasteiger partial charge in [0.1, 0.15) is 18.0 Å². The van der Waals surface area contributed by atoms with Crippen LogP contribution >= 0.6 is 11.6 Å². The van der Waals surface area contributed by atoms with Crippen molar-refractivity contribution in [1.29, 1.82) is 0 Å². The zero-order valence-electron chi connectivity index (χ0n) is 15.2. The van der Waals surface area contributed by atoms with E-state index >= 15 is 0 Å². The van der Waals surface area contributed by atoms with Crippen LogP contribution in [-0.4, -0.2) is 55.1 Å². The highest BCUT2D eigenvalue weighted by atomic mass is 35.5. The zero-order valence-corrected chi connectivity index (χ0v) is 16.0. The average molecular weight is 405 g/mol. The second kappa shape index (κ2) is 8.90. The Bertz CT molecular complexity index is 869. The van der Waals surface area contributed by atoms with Crippen molar-refractivity contribution in [2.45, 2.75) is 0 Å². The summed E-state index contributed by atoms with van der Waals surface area (Å²) in [6, 6.07) is 11.7. The molecule has 1 aliphatic heterocycles. The van der Waals surface area contributed by atoms with Crippen LogP contribution in [0.3, 0.4) is 0 Å². The number of rotatable bonds is 7. The Kier molecular flexibility index (Phi) is 6.33. The number of piperazine rings is 1. The van der Waals surface area contributed by atoms with Crippen molar-refractivity contribution >= 4 is 28.9 Å². The molecule has 1 fully saturated rings. The van der Waals surface area contributed by atoms with Crippen LogP contribution < -0.4 is 15.4 Å². The minimum absolute atomic E-state index is 0.105. The first-order valence-electron chi connectivity index (χ1n) is 8.88. The molecule has 2 aromatic rings. The molecule has 0 unspecified atom stereocenters. The number of nitro groups is 1. The number of hydrogen-bond acceptors (Lipinski definition) is 6. The predicted octanol–water partition coefficient (Wildman–Crippen LogP) is 2.55. The van der Waals surface area contributed by atoms with Gasteiger partial charge in [0.15, 0.2) is 0 Å². The summed E-state index contributed by atoms with van der Waals surface area (Å²) in [7, 11) is 0. The van der Waals surface area contributed by atoms with Gasteiger partial charge >= 0.3 is 0 Å². The molecule has 0 atom stereocenters. The summed E-state index contributed by atoms with van der Waals surface area (Å²) in [4.78, 5) is 26.4. The third-order valence-electron chi connectivity index (χ3n) is 4.67. The van der Waals surface area contributed by atoms with E-state index in [1.807, 2.05) is 23.1 Å². The van der Waals surface area contributed by atoms with Gasteiger partial charge in [-0.05, 0) is 24.3 Å². The van der Waals surface area contributed by atoms with Crippen molar-refractivity contribution in [1.82, 2.24) is 4.90 Å². The maximum atomic E-state index is 11.4. The van der Waals surface area contributed by atoms with Crippen LogP contribution in [0.2, 0.25) is 5.02 Å². The summed E-state index contributed by atoms with van der Waals surface area (Å²) in [6.07, 6.45) is 0. The molecule has 0 aliphatic carbocycles. The predicted molar refractivity (Wildman–Crippen MR) is 107 cm³/mol. The van der Waals surface area contributed by atoms with E-state index < -0.39 is 10.8 Å². The van der Waals surface area contributed by atoms with E-state index in [0.29, 0.717) is 36.2 Å². The molecule has 28 heavy (non-hydrogen) atoms. The van der Waals surface area contributed by atoms with E-state index in [9.17, 15) is 14.9 Å². The Hall–Kier alpha value is -2.84. The monoisotopic (exact) mass is 404 g/mol. The highest BCUT2D eigenvalue weighted by Crippen LogP contribution is 2.30. The van der Waals surface area contributed by atoms with Gasteiger partial charge in [0, 0.05) is 44.4 Å². The second-order valence-corrected chi connectivity index (χ2v) is 6.84. The lowest BCUT2D eigenvalue weighted by molar-refractivity contribution is -0.384. The topological polar surface area (TPSA) is 102 Å². The van der Waals surface area contributed by atoms with Gasteiger partial charge < -0.3 is 15.4 Å². The maximum Gasteiger partial charge on any atom is 0.293 e. The van der Waals surface area contributed by atoms with Gasteiger partial charge in [-0.3, -0.25) is 19.8 Å². The normalized spacial score (nSPS) is 14.7. The molecule has 3 rings (SSSR count). The summed E-state index contributed by atoms with van der Waals surface area (Å²) >= 11 is 6.07. The lowest BCUT2D eigenvalue weighted by Crippen LogP contribution is -2.47. The molecule has 0 bridgehead atoms. The van der Waals surface area contributed by atoms with Crippen molar-refractivity contribution in [2.24, 2.45) is 5.73 Å². The standard InChI is InChI=1S/C19H21ClN4O4/c20-15-3-1-2-4-18(15)28-12-11-22-7-9-23(10-8-22)16-6-5-14(19(21)25)13-17(16)24(26)27/h1-6,13H,7-12H2,(H2,21,25). The zero-order chi connectivity index (χ0) is 20.1. The molecule has 0 spiro atoms. The molecule has 8 nitrogen and oxygen atoms in total. The quantitative estimate of drug-likeness (QED) is 0.562. The minimum atomic E-state index is -0.682. The number of halogens is 1. The van der Waals surface area contributed by atoms with Gasteiger partial charge in [-0.2, -0.15) is 0 Å². The molecule has 148 valence electrons. The molecular weight excluding hydrogens is 384 g/mol. The molecule has 1 heterocycles. The fourth-order valence-corrected chi connectivity index (χ4v) is 3.34. The number of nitrogens with two attached hydrogens (primary N) is 1. The third kappa shape index (κ3) is 4.71. The van der Waals surface area contributed by atoms with E-state index in [4.69, 9.17) is 22.1 Å². The number of carbonyl (C=O) groups excluding carboxylic acids is 1. The Morgan fingerprint density at radius 2 is 1.89 bits per heavy atom. The molecule has 1 amide bonds. The first-order valence-corrected chi connectivity index (χ1v) is 9.26. The molecule has 2 aromatic carbocycles. The van der Waals surface area contributed by atoms with Gasteiger partial charge in [0.2, 0.25) is 5.91 Å². The van der Waals surface area contributed by atoms with E-state index in [2.05, 4.69) is 4.90 Å². The van der Waals surface area contributed by atoms with E-state index in [1.165, 1.54) is 12.1 Å². The van der Waals surface area contributed by atoms with Gasteiger partial charge in [0.05, 0.1) is 9.95 Å². The summed E-state index contributed by atoms with van der Waals surface area (Å²) in [5.74, 6) is -0.0223. The van der Waals surface area contributed by atoms with Gasteiger partial charge in [-0.1, -0.05) is 23.7 Å². The Balaban J connectivity index is 1.56. The lowest BCUT2D eigenvalue weighted by Gasteiger charge is -2.35. The minimum Gasteiger partial charge on any atom is -0.491 e. The number of primary amides is 1. The Morgan fingerprint density at radius 3 is 2.54 bits per heavy atom. The van der Waals surface area contributed by atoms with Crippen LogP contribution in [-0.2, 0) is 0 Å². The number of nitrogens with zero attached hydrogens (tertiary/aromatic N) is 3. The molecule has 0 aromatic heterocycles. The number of benzene rings is 2. The smallest absolute Gasteiger partial charge is 0.293 e. The number of anilines is 1. The van der Waals surface area contributed by atoms with Gasteiger partial charge in [0.25, 0.3) is 5.69 Å². The van der Waals surface area contributed by atoms with Crippen molar-refractivity contribution in [2.75, 3.05) is 44.2 Å². The summed E-state index contributed by atoms with van der Waals surface area (Å²) in [6.45, 7) is 4.03. The molecule has 1 aliphatic rings. The molecule has 2 N–H and O–H groups in total. The third-order valence-corrected chi connectivity index (χ3v) is 4.98. The number of ether oxygens (including phenoxy) is 1. The average Bonchev–Trinajstić information content (AvgIpc) is 2.69. The van der Waals surface area contributed by atoms with Crippen LogP contribution in [0.1, 0.15) is 10.4 Å². The van der Waals surface area contributed by atoms with Crippen molar-refractivity contribution in [3.05, 3.63) is 63.2 Å². The van der Waals surface area contributed by atoms with Crippen LogP contribution in [0, 0.1) is 10.1 Å². The number of para-hydroxylation sites is 1. The Labute approximate surface area is 167 Å². The molecule has 0 radical (unpaired) electrons. The van der Waals surface area contributed by atoms with Crippen molar-refractivity contribution in [3.8, 4) is 5.75 Å². The van der Waals surface area contributed by atoms with E-state index in [1.54, 1.807) is 12.1 Å². The maximum absolute atomic E-state index is 11.4. The van der Waals surface area contributed by atoms with Gasteiger partial charge in [-0.25, -0.2) is 0 Å². The van der Waals surface area contributed by atoms with E-state index in [0.717, 1.165) is 19.6 Å². The Morgan fingerprint density at radius 1 is 1.18 bits per heavy atom. The van der Waals surface area contributed by atoms with Gasteiger partial charge in [-0.15, -0.1) is 0 Å². The second-order valence-electron chi connectivity index (χ2n) is 6.43. The van der Waals surface area contributed by atoms with Crippen molar-refractivity contribution < 1.29 is 14.5 Å². The number of hydrogen-bond donors (Lipinski definition) is 1. The summed E-state index contributed by atoms with van der Waals surface area (Å²) < 4.78 is 5.72. The SMILES string of the molecule is NC(=O)c1ccc(N2CCN(CCOc3ccccc3Cl)CC2)c([N+](=O)[O-])c1. The summed E-state index contributed by atoms with van der Waals surface area (Å²) in [5.41, 5.74) is 5.75. The highest BCUT2D eigenvalue weighted by molar-refractivity contribution is 6.32. The van der Waals surface area contributed by atoms with Crippen LogP contribution in [0.5, 0.6) is 5.75 Å². The molecule has 9 heteroatoms. The first-order chi connectivity index (χ1) is 13.5. The number of carbonyl (C=O) groups is 1. The van der Waals surface area contributed by atoms with Crippen LogP contribution in [0.25, 0.3) is 0 Å². The van der Waals surface area contributed by atoms with Crippen LogP contribution in [0.4, 0.5) is 11.4 Å². The fraction of sp³-hybridized carbons (Fsp3) is 0.316. The number of amides is 1. The highest BCUT2D eigenvalue weighted by Gasteiger charge is 2.24. The molecular formula is C19H21ClN4O4. The summed E-state index contributed by atoms with van der Waals surface area (Å²) in [5, 5.41) is 12.0. The largest absolute Gasteiger partial charge is 0.491 e. The lowest BCUT2D eigenvalue weighted by atomic mass is 10.1. The molecule has 0 saturated carbocycles. The molecule has 1 saturated heterocycles.